The quantitative estimate of drug-likeness (QED) is 0.676. The molecule has 4 aliphatic carbocycles. The van der Waals surface area contributed by atoms with Crippen LogP contribution in [0.15, 0.2) is 12.2 Å². The Morgan fingerprint density at radius 2 is 1.95 bits per heavy atom. The number of rotatable bonds is 0. The Kier molecular flexibility index (Phi) is 2.74. The predicted molar refractivity (Wildman–Crippen MR) is 77.0 cm³/mol. The predicted octanol–water partition coefficient (Wildman–Crippen LogP) is 3.55. The summed E-state index contributed by atoms with van der Waals surface area (Å²) in [5.41, 5.74) is -0.0117. The lowest BCUT2D eigenvalue weighted by molar-refractivity contribution is -0.132. The van der Waals surface area contributed by atoms with Gasteiger partial charge in [0.1, 0.15) is 5.78 Å². The molecule has 0 aliphatic heterocycles. The molecule has 0 spiro atoms. The molecular weight excluding hydrogens is 248 g/mol. The maximum absolute atomic E-state index is 12.3. The fourth-order valence-electron chi connectivity index (χ4n) is 6.01. The summed E-state index contributed by atoms with van der Waals surface area (Å²) in [6.45, 7) is 2.23. The van der Waals surface area contributed by atoms with Crippen LogP contribution in [0, 0.1) is 35.0 Å². The van der Waals surface area contributed by atoms with Gasteiger partial charge in [-0.1, -0.05) is 13.0 Å². The number of Topliss-reactive ketones (excluding diaryl/α,β-unsaturated/α-hetero) is 1. The standard InChI is InChI=1S/C18H24O2/c1-18-9-8-14-13-5-3-12(19)10-11(13)2-4-15(14)16(18)6-7-17(18)20/h3,5,11,13-16H,2,4,6-10H2,1H3/t11-,13+,14?,15?,16?,18+/m1/s1. The number of carbonyl (C=O) groups excluding carboxylic acids is 2. The zero-order valence-corrected chi connectivity index (χ0v) is 12.3. The van der Waals surface area contributed by atoms with Gasteiger partial charge in [-0.15, -0.1) is 0 Å². The van der Waals surface area contributed by atoms with Crippen LogP contribution in [0.3, 0.4) is 0 Å². The fraction of sp³-hybridized carbons (Fsp3) is 0.778. The highest BCUT2D eigenvalue weighted by atomic mass is 16.1. The molecule has 0 saturated heterocycles. The lowest BCUT2D eigenvalue weighted by Crippen LogP contribution is -2.47. The highest BCUT2D eigenvalue weighted by molar-refractivity contribution is 5.90. The van der Waals surface area contributed by atoms with E-state index in [9.17, 15) is 9.59 Å². The van der Waals surface area contributed by atoms with Crippen molar-refractivity contribution in [1.82, 2.24) is 0 Å². The summed E-state index contributed by atoms with van der Waals surface area (Å²) in [4.78, 5) is 23.9. The maximum atomic E-state index is 12.3. The number of carbonyl (C=O) groups is 2. The fourth-order valence-corrected chi connectivity index (χ4v) is 6.01. The minimum Gasteiger partial charge on any atom is -0.299 e. The number of hydrogen-bond acceptors (Lipinski definition) is 2. The summed E-state index contributed by atoms with van der Waals surface area (Å²) in [5, 5.41) is 0. The van der Waals surface area contributed by atoms with Crippen molar-refractivity contribution in [2.75, 3.05) is 0 Å². The van der Waals surface area contributed by atoms with E-state index in [-0.39, 0.29) is 5.41 Å². The van der Waals surface area contributed by atoms with Crippen molar-refractivity contribution in [3.05, 3.63) is 12.2 Å². The average molecular weight is 272 g/mol. The first-order chi connectivity index (χ1) is 9.59. The van der Waals surface area contributed by atoms with Gasteiger partial charge in [0.25, 0.3) is 0 Å². The SMILES string of the molecule is C[C@]12CCC3C(CC[C@@H]4CC(=O)C=C[C@H]34)C1CCC2=O. The van der Waals surface area contributed by atoms with E-state index in [1.54, 1.807) is 0 Å². The topological polar surface area (TPSA) is 34.1 Å². The summed E-state index contributed by atoms with van der Waals surface area (Å²) in [6, 6.07) is 0. The van der Waals surface area contributed by atoms with Gasteiger partial charge < -0.3 is 0 Å². The lowest BCUT2D eigenvalue weighted by Gasteiger charge is -2.52. The molecule has 0 heterocycles. The third kappa shape index (κ3) is 1.63. The Hall–Kier alpha value is -0.920. The van der Waals surface area contributed by atoms with Crippen LogP contribution in [0.1, 0.15) is 51.9 Å². The molecule has 2 nitrogen and oxygen atoms in total. The molecule has 0 bridgehead atoms. The Morgan fingerprint density at radius 1 is 1.10 bits per heavy atom. The Balaban J connectivity index is 1.64. The highest BCUT2D eigenvalue weighted by Crippen LogP contribution is 2.60. The van der Waals surface area contributed by atoms with Gasteiger partial charge in [-0.05, 0) is 67.8 Å². The second-order valence-corrected chi connectivity index (χ2v) is 7.80. The van der Waals surface area contributed by atoms with E-state index in [4.69, 9.17) is 0 Å². The molecule has 3 saturated carbocycles. The van der Waals surface area contributed by atoms with E-state index >= 15 is 0 Å². The van der Waals surface area contributed by atoms with Crippen LogP contribution in [0.4, 0.5) is 0 Å². The van der Waals surface area contributed by atoms with E-state index < -0.39 is 0 Å². The van der Waals surface area contributed by atoms with Crippen LogP contribution in [0.2, 0.25) is 0 Å². The molecule has 108 valence electrons. The van der Waals surface area contributed by atoms with Gasteiger partial charge in [0.05, 0.1) is 0 Å². The minimum atomic E-state index is -0.0117. The summed E-state index contributed by atoms with van der Waals surface area (Å²) in [6.07, 6.45) is 11.5. The number of ketones is 2. The molecule has 0 aromatic rings. The molecule has 4 rings (SSSR count). The summed E-state index contributed by atoms with van der Waals surface area (Å²) in [5.74, 6) is 4.16. The monoisotopic (exact) mass is 272 g/mol. The van der Waals surface area contributed by atoms with Crippen LogP contribution in [0.5, 0.6) is 0 Å². The van der Waals surface area contributed by atoms with Gasteiger partial charge in [-0.25, -0.2) is 0 Å². The first kappa shape index (κ1) is 12.8. The second kappa shape index (κ2) is 4.29. The highest BCUT2D eigenvalue weighted by Gasteiger charge is 2.56. The van der Waals surface area contributed by atoms with Crippen LogP contribution in [0.25, 0.3) is 0 Å². The van der Waals surface area contributed by atoms with Crippen molar-refractivity contribution >= 4 is 11.6 Å². The van der Waals surface area contributed by atoms with Crippen LogP contribution < -0.4 is 0 Å². The van der Waals surface area contributed by atoms with Gasteiger partial charge in [0, 0.05) is 18.3 Å². The molecule has 3 fully saturated rings. The van der Waals surface area contributed by atoms with E-state index in [1.807, 2.05) is 6.08 Å². The van der Waals surface area contributed by atoms with Crippen molar-refractivity contribution in [1.29, 1.82) is 0 Å². The van der Waals surface area contributed by atoms with Crippen LogP contribution in [-0.4, -0.2) is 11.6 Å². The van der Waals surface area contributed by atoms with Crippen molar-refractivity contribution < 1.29 is 9.59 Å². The number of allylic oxidation sites excluding steroid dienone is 2. The van der Waals surface area contributed by atoms with Crippen LogP contribution in [-0.2, 0) is 9.59 Å². The molecule has 6 atom stereocenters. The largest absolute Gasteiger partial charge is 0.299 e. The average Bonchev–Trinajstić information content (AvgIpc) is 2.74. The number of fused-ring (bicyclic) bond motifs is 5. The smallest absolute Gasteiger partial charge is 0.155 e. The maximum Gasteiger partial charge on any atom is 0.155 e. The first-order valence-corrected chi connectivity index (χ1v) is 8.34. The molecule has 0 N–H and O–H groups in total. The summed E-state index contributed by atoms with van der Waals surface area (Å²) in [7, 11) is 0. The molecule has 0 aromatic carbocycles. The van der Waals surface area contributed by atoms with Gasteiger partial charge in [0.15, 0.2) is 5.78 Å². The first-order valence-electron chi connectivity index (χ1n) is 8.34. The van der Waals surface area contributed by atoms with E-state index in [0.717, 1.165) is 37.5 Å². The summed E-state index contributed by atoms with van der Waals surface area (Å²) >= 11 is 0. The zero-order chi connectivity index (χ0) is 13.9. The Bertz CT molecular complexity index is 492. The molecule has 0 aromatic heterocycles. The van der Waals surface area contributed by atoms with Crippen molar-refractivity contribution in [3.63, 3.8) is 0 Å². The van der Waals surface area contributed by atoms with E-state index in [2.05, 4.69) is 13.0 Å². The molecule has 4 aliphatic rings. The normalized spacial score (nSPS) is 50.5. The van der Waals surface area contributed by atoms with Crippen LogP contribution >= 0.6 is 0 Å². The van der Waals surface area contributed by atoms with Gasteiger partial charge in [-0.3, -0.25) is 9.59 Å². The van der Waals surface area contributed by atoms with Gasteiger partial charge in [-0.2, -0.15) is 0 Å². The molecular formula is C18H24O2. The van der Waals surface area contributed by atoms with Crippen molar-refractivity contribution in [2.24, 2.45) is 35.0 Å². The van der Waals surface area contributed by atoms with Gasteiger partial charge >= 0.3 is 0 Å². The van der Waals surface area contributed by atoms with E-state index in [1.165, 1.54) is 19.3 Å². The Morgan fingerprint density at radius 3 is 2.80 bits per heavy atom. The lowest BCUT2D eigenvalue weighted by atomic mass is 9.51. The van der Waals surface area contributed by atoms with E-state index in [0.29, 0.717) is 29.3 Å². The third-order valence-corrected chi connectivity index (χ3v) is 7.08. The molecule has 0 amide bonds. The molecule has 2 heteroatoms. The third-order valence-electron chi connectivity index (χ3n) is 7.08. The molecule has 0 radical (unpaired) electrons. The number of hydrogen-bond donors (Lipinski definition) is 0. The minimum absolute atomic E-state index is 0.0117. The second-order valence-electron chi connectivity index (χ2n) is 7.80. The zero-order valence-electron chi connectivity index (χ0n) is 12.3. The van der Waals surface area contributed by atoms with Crippen molar-refractivity contribution in [2.45, 2.75) is 51.9 Å². The van der Waals surface area contributed by atoms with Crippen molar-refractivity contribution in [3.8, 4) is 0 Å². The van der Waals surface area contributed by atoms with Gasteiger partial charge in [0.2, 0.25) is 0 Å². The Labute approximate surface area is 121 Å². The summed E-state index contributed by atoms with van der Waals surface area (Å²) < 4.78 is 0. The molecule has 3 unspecified atom stereocenters. The molecule has 20 heavy (non-hydrogen) atoms.